The topological polar surface area (TPSA) is 94.6 Å². The number of benzene rings is 1. The van der Waals surface area contributed by atoms with Gasteiger partial charge in [-0.2, -0.15) is 4.68 Å². The van der Waals surface area contributed by atoms with Crippen LogP contribution in [0, 0.1) is 5.82 Å². The Bertz CT molecular complexity index is 810. The first kappa shape index (κ1) is 18.4. The summed E-state index contributed by atoms with van der Waals surface area (Å²) in [6.07, 6.45) is 0. The Labute approximate surface area is 142 Å². The molecule has 0 aliphatic rings. The monoisotopic (exact) mass is 351 g/mol. The van der Waals surface area contributed by atoms with E-state index < -0.39 is 30.7 Å². The molecule has 1 amide bonds. The minimum atomic E-state index is -0.859. The van der Waals surface area contributed by atoms with Crippen molar-refractivity contribution < 1.29 is 23.1 Å². The van der Waals surface area contributed by atoms with E-state index in [0.717, 1.165) is 4.68 Å². The first-order valence-electron chi connectivity index (χ1n) is 7.53. The van der Waals surface area contributed by atoms with Crippen molar-refractivity contribution in [1.29, 1.82) is 0 Å². The van der Waals surface area contributed by atoms with Crippen LogP contribution in [-0.4, -0.2) is 46.3 Å². The van der Waals surface area contributed by atoms with E-state index in [1.807, 2.05) is 13.8 Å². The number of hydrogen-bond acceptors (Lipinski definition) is 6. The number of halogens is 1. The largest absolute Gasteiger partial charge is 0.454 e. The number of amides is 1. The SMILES string of the molecule is CC(C)N(C)C(=O)COC(=O)Cn1nc(-c2ccc(F)cc2)oc1=O. The Balaban J connectivity index is 1.99. The molecular weight excluding hydrogens is 333 g/mol. The predicted octanol–water partition coefficient (Wildman–Crippen LogP) is 1.05. The Hall–Kier alpha value is -2.97. The second kappa shape index (κ2) is 7.73. The van der Waals surface area contributed by atoms with Crippen molar-refractivity contribution >= 4 is 11.9 Å². The highest BCUT2D eigenvalue weighted by Crippen LogP contribution is 2.15. The van der Waals surface area contributed by atoms with Gasteiger partial charge in [-0.05, 0) is 38.1 Å². The normalized spacial score (nSPS) is 10.8. The van der Waals surface area contributed by atoms with E-state index in [4.69, 9.17) is 9.15 Å². The first-order chi connectivity index (χ1) is 11.8. The van der Waals surface area contributed by atoms with Crippen LogP contribution in [0.2, 0.25) is 0 Å². The fraction of sp³-hybridized carbons (Fsp3) is 0.375. The number of carbonyl (C=O) groups excluding carboxylic acids is 2. The minimum absolute atomic E-state index is 0.0253. The van der Waals surface area contributed by atoms with Crippen molar-refractivity contribution in [1.82, 2.24) is 14.7 Å². The standard InChI is InChI=1S/C16H18FN3O5/c1-10(2)19(3)13(21)9-24-14(22)8-20-16(23)25-15(18-20)11-4-6-12(17)7-5-11/h4-7,10H,8-9H2,1-3H3. The van der Waals surface area contributed by atoms with Gasteiger partial charge in [-0.1, -0.05) is 0 Å². The molecule has 0 N–H and O–H groups in total. The molecule has 0 radical (unpaired) electrons. The van der Waals surface area contributed by atoms with Gasteiger partial charge in [0.15, 0.2) is 6.61 Å². The van der Waals surface area contributed by atoms with Crippen LogP contribution in [0.4, 0.5) is 4.39 Å². The molecule has 0 aliphatic heterocycles. The molecule has 25 heavy (non-hydrogen) atoms. The predicted molar refractivity (Wildman–Crippen MR) is 85.0 cm³/mol. The van der Waals surface area contributed by atoms with Crippen LogP contribution in [0.5, 0.6) is 0 Å². The summed E-state index contributed by atoms with van der Waals surface area (Å²) in [5, 5.41) is 3.86. The van der Waals surface area contributed by atoms with Crippen molar-refractivity contribution in [3.63, 3.8) is 0 Å². The zero-order valence-electron chi connectivity index (χ0n) is 14.1. The van der Waals surface area contributed by atoms with Crippen LogP contribution in [0.3, 0.4) is 0 Å². The van der Waals surface area contributed by atoms with E-state index in [1.54, 1.807) is 7.05 Å². The molecule has 1 heterocycles. The van der Waals surface area contributed by atoms with E-state index >= 15 is 0 Å². The number of aromatic nitrogens is 2. The Morgan fingerprint density at radius 2 is 1.96 bits per heavy atom. The average Bonchev–Trinajstić information content (AvgIpc) is 2.93. The third-order valence-corrected chi connectivity index (χ3v) is 3.50. The Morgan fingerprint density at radius 3 is 2.56 bits per heavy atom. The van der Waals surface area contributed by atoms with Crippen LogP contribution in [0.15, 0.2) is 33.5 Å². The zero-order chi connectivity index (χ0) is 18.6. The molecule has 1 aromatic carbocycles. The minimum Gasteiger partial charge on any atom is -0.454 e. The lowest BCUT2D eigenvalue weighted by Crippen LogP contribution is -2.36. The molecule has 2 aromatic rings. The number of nitrogens with zero attached hydrogens (tertiary/aromatic N) is 3. The first-order valence-corrected chi connectivity index (χ1v) is 7.53. The summed E-state index contributed by atoms with van der Waals surface area (Å²) in [6, 6.07) is 5.15. The number of esters is 1. The molecule has 2 rings (SSSR count). The maximum atomic E-state index is 12.9. The third kappa shape index (κ3) is 4.75. The van der Waals surface area contributed by atoms with Gasteiger partial charge in [-0.15, -0.1) is 5.10 Å². The van der Waals surface area contributed by atoms with Gasteiger partial charge in [-0.25, -0.2) is 9.18 Å². The summed E-state index contributed by atoms with van der Waals surface area (Å²) < 4.78 is 23.5. The van der Waals surface area contributed by atoms with Crippen LogP contribution in [0.25, 0.3) is 11.5 Å². The fourth-order valence-electron chi connectivity index (χ4n) is 1.82. The van der Waals surface area contributed by atoms with Crippen molar-refractivity contribution in [3.05, 3.63) is 40.6 Å². The molecule has 9 heteroatoms. The summed E-state index contributed by atoms with van der Waals surface area (Å²) in [5.41, 5.74) is 0.388. The molecule has 0 saturated carbocycles. The molecule has 0 spiro atoms. The van der Waals surface area contributed by atoms with Crippen LogP contribution in [-0.2, 0) is 20.9 Å². The lowest BCUT2D eigenvalue weighted by molar-refractivity contribution is -0.152. The average molecular weight is 351 g/mol. The second-order valence-corrected chi connectivity index (χ2v) is 5.60. The maximum absolute atomic E-state index is 12.9. The molecule has 1 aromatic heterocycles. The highest BCUT2D eigenvalue weighted by molar-refractivity contribution is 5.80. The van der Waals surface area contributed by atoms with Crippen molar-refractivity contribution in [2.24, 2.45) is 0 Å². The number of rotatable bonds is 6. The van der Waals surface area contributed by atoms with Crippen molar-refractivity contribution in [2.45, 2.75) is 26.4 Å². The smallest absolute Gasteiger partial charge is 0.437 e. The van der Waals surface area contributed by atoms with E-state index in [2.05, 4.69) is 5.10 Å². The Morgan fingerprint density at radius 1 is 1.32 bits per heavy atom. The number of ether oxygens (including phenoxy) is 1. The van der Waals surface area contributed by atoms with Gasteiger partial charge >= 0.3 is 11.7 Å². The van der Waals surface area contributed by atoms with Crippen molar-refractivity contribution in [3.8, 4) is 11.5 Å². The van der Waals surface area contributed by atoms with E-state index in [-0.39, 0.29) is 17.8 Å². The molecule has 0 atom stereocenters. The van der Waals surface area contributed by atoms with E-state index in [9.17, 15) is 18.8 Å². The Kier molecular flexibility index (Phi) is 5.68. The lowest BCUT2D eigenvalue weighted by atomic mass is 10.2. The second-order valence-electron chi connectivity index (χ2n) is 5.60. The molecular formula is C16H18FN3O5. The molecule has 0 saturated heterocycles. The van der Waals surface area contributed by atoms with Gasteiger partial charge in [0, 0.05) is 18.7 Å². The van der Waals surface area contributed by atoms with Crippen LogP contribution < -0.4 is 5.76 Å². The quantitative estimate of drug-likeness (QED) is 0.722. The molecule has 134 valence electrons. The molecule has 0 aliphatic carbocycles. The maximum Gasteiger partial charge on any atom is 0.437 e. The van der Waals surface area contributed by atoms with Gasteiger partial charge in [0.2, 0.25) is 5.89 Å². The molecule has 0 bridgehead atoms. The highest BCUT2D eigenvalue weighted by atomic mass is 19.1. The molecule has 0 fully saturated rings. The molecule has 0 unspecified atom stereocenters. The van der Waals surface area contributed by atoms with Crippen LogP contribution >= 0.6 is 0 Å². The number of hydrogen-bond donors (Lipinski definition) is 0. The highest BCUT2D eigenvalue weighted by Gasteiger charge is 2.17. The number of likely N-dealkylation sites (N-methyl/N-ethyl adjacent to an activating group) is 1. The lowest BCUT2D eigenvalue weighted by Gasteiger charge is -2.20. The van der Waals surface area contributed by atoms with Gasteiger partial charge in [0.25, 0.3) is 5.91 Å². The summed E-state index contributed by atoms with van der Waals surface area (Å²) in [6.45, 7) is 2.73. The van der Waals surface area contributed by atoms with E-state index in [1.165, 1.54) is 29.2 Å². The fourth-order valence-corrected chi connectivity index (χ4v) is 1.82. The zero-order valence-corrected chi connectivity index (χ0v) is 14.1. The third-order valence-electron chi connectivity index (χ3n) is 3.50. The van der Waals surface area contributed by atoms with Crippen molar-refractivity contribution in [2.75, 3.05) is 13.7 Å². The van der Waals surface area contributed by atoms with Gasteiger partial charge in [0.1, 0.15) is 12.4 Å². The van der Waals surface area contributed by atoms with Crippen LogP contribution in [0.1, 0.15) is 13.8 Å². The van der Waals surface area contributed by atoms with Gasteiger partial charge in [-0.3, -0.25) is 9.59 Å². The number of carbonyl (C=O) groups is 2. The van der Waals surface area contributed by atoms with E-state index in [0.29, 0.717) is 5.56 Å². The molecule has 8 nitrogen and oxygen atoms in total. The summed E-state index contributed by atoms with van der Waals surface area (Å²) >= 11 is 0. The summed E-state index contributed by atoms with van der Waals surface area (Å²) in [4.78, 5) is 36.7. The van der Waals surface area contributed by atoms with Gasteiger partial charge < -0.3 is 14.1 Å². The summed E-state index contributed by atoms with van der Waals surface area (Å²) in [5.74, 6) is -2.50. The summed E-state index contributed by atoms with van der Waals surface area (Å²) in [7, 11) is 1.60. The van der Waals surface area contributed by atoms with Gasteiger partial charge in [0.05, 0.1) is 0 Å².